The van der Waals surface area contributed by atoms with Gasteiger partial charge in [-0.1, -0.05) is 13.8 Å². The van der Waals surface area contributed by atoms with E-state index >= 15 is 0 Å². The largest absolute Gasteiger partial charge is 0.481 e. The Kier molecular flexibility index (Phi) is 6.95. The summed E-state index contributed by atoms with van der Waals surface area (Å²) in [6.45, 7) is 6.43. The normalized spacial score (nSPS) is 23.9. The van der Waals surface area contributed by atoms with Crippen molar-refractivity contribution in [3.05, 3.63) is 0 Å². The molecule has 2 atom stereocenters. The first-order valence-corrected chi connectivity index (χ1v) is 7.26. The molecule has 0 spiro atoms. The lowest BCUT2D eigenvalue weighted by molar-refractivity contribution is -0.139. The van der Waals surface area contributed by atoms with E-state index < -0.39 is 11.9 Å². The molecule has 0 aliphatic carbocycles. The smallest absolute Gasteiger partial charge is 0.317 e. The lowest BCUT2D eigenvalue weighted by Gasteiger charge is -2.37. The number of nitrogens with one attached hydrogen (secondary N) is 1. The van der Waals surface area contributed by atoms with Crippen molar-refractivity contribution in [3.8, 4) is 0 Å². The summed E-state index contributed by atoms with van der Waals surface area (Å²) in [5, 5.41) is 21.2. The van der Waals surface area contributed by atoms with Crippen LogP contribution in [0.1, 0.15) is 33.1 Å². The van der Waals surface area contributed by atoms with Gasteiger partial charge >= 0.3 is 11.9 Å². The first-order chi connectivity index (χ1) is 9.36. The maximum absolute atomic E-state index is 10.9. The molecule has 0 aromatic carbocycles. The second-order valence-corrected chi connectivity index (χ2v) is 6.12. The van der Waals surface area contributed by atoms with Crippen LogP contribution in [0.25, 0.3) is 0 Å². The molecule has 116 valence electrons. The number of nitrogens with zero attached hydrogens (tertiary/aromatic N) is 1. The second-order valence-electron chi connectivity index (χ2n) is 6.12. The van der Waals surface area contributed by atoms with Crippen LogP contribution in [0.15, 0.2) is 0 Å². The predicted octanol–water partition coefficient (Wildman–Crippen LogP) is 0.872. The predicted molar refractivity (Wildman–Crippen MR) is 75.7 cm³/mol. The van der Waals surface area contributed by atoms with E-state index in [0.717, 1.165) is 19.4 Å². The molecule has 3 N–H and O–H groups in total. The fourth-order valence-electron chi connectivity index (χ4n) is 2.74. The van der Waals surface area contributed by atoms with Crippen LogP contribution in [-0.4, -0.2) is 59.3 Å². The van der Waals surface area contributed by atoms with Gasteiger partial charge in [0.1, 0.15) is 0 Å². The average molecular weight is 286 g/mol. The van der Waals surface area contributed by atoms with Crippen molar-refractivity contribution in [2.45, 2.75) is 39.2 Å². The van der Waals surface area contributed by atoms with Crippen LogP contribution < -0.4 is 5.32 Å². The molecule has 0 aromatic heterocycles. The van der Waals surface area contributed by atoms with Gasteiger partial charge in [-0.05, 0) is 31.2 Å². The summed E-state index contributed by atoms with van der Waals surface area (Å²) in [5.74, 6) is -1.02. The number of piperidine rings is 1. The van der Waals surface area contributed by atoms with Gasteiger partial charge in [0.25, 0.3) is 0 Å². The molecule has 0 radical (unpaired) electrons. The van der Waals surface area contributed by atoms with Gasteiger partial charge in [0.15, 0.2) is 0 Å². The van der Waals surface area contributed by atoms with Gasteiger partial charge < -0.3 is 15.5 Å². The van der Waals surface area contributed by atoms with Crippen LogP contribution >= 0.6 is 0 Å². The first kappa shape index (κ1) is 16.9. The molecule has 1 aliphatic heterocycles. The highest BCUT2D eigenvalue weighted by atomic mass is 16.4. The summed E-state index contributed by atoms with van der Waals surface area (Å²) in [7, 11) is 0. The fourth-order valence-corrected chi connectivity index (χ4v) is 2.74. The average Bonchev–Trinajstić information content (AvgIpc) is 2.25. The minimum atomic E-state index is -0.859. The van der Waals surface area contributed by atoms with Crippen LogP contribution in [0.4, 0.5) is 0 Å². The molecule has 1 saturated heterocycles. The van der Waals surface area contributed by atoms with Crippen molar-refractivity contribution >= 4 is 11.9 Å². The topological polar surface area (TPSA) is 89.9 Å². The molecule has 1 aliphatic rings. The van der Waals surface area contributed by atoms with E-state index in [4.69, 9.17) is 10.2 Å². The standard InChI is InChI=1S/C14H26N2O4/c1-10(2)3-4-15-12-5-11(6-13(17)18)7-16(8-12)9-14(19)20/h10-12,15H,3-9H2,1-2H3,(H,17,18)(H,19,20). The molecule has 0 amide bonds. The van der Waals surface area contributed by atoms with Crippen molar-refractivity contribution in [3.63, 3.8) is 0 Å². The molecule has 0 aromatic rings. The summed E-state index contributed by atoms with van der Waals surface area (Å²) < 4.78 is 0. The number of hydrogen-bond acceptors (Lipinski definition) is 4. The molecule has 0 saturated carbocycles. The first-order valence-electron chi connectivity index (χ1n) is 7.26. The van der Waals surface area contributed by atoms with Gasteiger partial charge in [-0.2, -0.15) is 0 Å². The van der Waals surface area contributed by atoms with Gasteiger partial charge in [-0.25, -0.2) is 0 Å². The minimum Gasteiger partial charge on any atom is -0.481 e. The van der Waals surface area contributed by atoms with E-state index in [1.807, 2.05) is 4.90 Å². The quantitative estimate of drug-likeness (QED) is 0.613. The molecular formula is C14H26N2O4. The number of carboxylic acid groups (broad SMARTS) is 2. The number of aliphatic carboxylic acids is 2. The number of carbonyl (C=O) groups is 2. The van der Waals surface area contributed by atoms with Gasteiger partial charge in [-0.15, -0.1) is 0 Å². The van der Waals surface area contributed by atoms with Crippen molar-refractivity contribution in [1.29, 1.82) is 0 Å². The zero-order chi connectivity index (χ0) is 15.1. The van der Waals surface area contributed by atoms with E-state index in [1.165, 1.54) is 0 Å². The van der Waals surface area contributed by atoms with Crippen LogP contribution in [0.5, 0.6) is 0 Å². The Morgan fingerprint density at radius 1 is 1.25 bits per heavy atom. The summed E-state index contributed by atoms with van der Waals surface area (Å²) >= 11 is 0. The lowest BCUT2D eigenvalue weighted by Crippen LogP contribution is -2.51. The third-order valence-corrected chi connectivity index (χ3v) is 3.59. The van der Waals surface area contributed by atoms with E-state index in [-0.39, 0.29) is 24.9 Å². The number of rotatable bonds is 8. The maximum atomic E-state index is 10.9. The highest BCUT2D eigenvalue weighted by Crippen LogP contribution is 2.20. The van der Waals surface area contributed by atoms with Crippen LogP contribution in [-0.2, 0) is 9.59 Å². The van der Waals surface area contributed by atoms with E-state index in [1.54, 1.807) is 0 Å². The summed E-state index contributed by atoms with van der Waals surface area (Å²) in [5.41, 5.74) is 0. The Morgan fingerprint density at radius 3 is 2.50 bits per heavy atom. The summed E-state index contributed by atoms with van der Waals surface area (Å²) in [4.78, 5) is 23.5. The van der Waals surface area contributed by atoms with Gasteiger partial charge in [0.2, 0.25) is 0 Å². The number of carboxylic acids is 2. The highest BCUT2D eigenvalue weighted by Gasteiger charge is 2.29. The third-order valence-electron chi connectivity index (χ3n) is 3.59. The summed E-state index contributed by atoms with van der Waals surface area (Å²) in [6, 6.07) is 0.186. The van der Waals surface area contributed by atoms with Crippen molar-refractivity contribution in [2.24, 2.45) is 11.8 Å². The number of hydrogen-bond donors (Lipinski definition) is 3. The molecule has 20 heavy (non-hydrogen) atoms. The molecule has 6 nitrogen and oxygen atoms in total. The fraction of sp³-hybridized carbons (Fsp3) is 0.857. The maximum Gasteiger partial charge on any atom is 0.317 e. The van der Waals surface area contributed by atoms with E-state index in [9.17, 15) is 9.59 Å². The highest BCUT2D eigenvalue weighted by molar-refractivity contribution is 5.69. The van der Waals surface area contributed by atoms with Crippen molar-refractivity contribution < 1.29 is 19.8 Å². The van der Waals surface area contributed by atoms with E-state index in [0.29, 0.717) is 19.0 Å². The van der Waals surface area contributed by atoms with E-state index in [2.05, 4.69) is 19.2 Å². The Labute approximate surface area is 120 Å². The van der Waals surface area contributed by atoms with Crippen molar-refractivity contribution in [2.75, 3.05) is 26.2 Å². The molecule has 1 rings (SSSR count). The Hall–Kier alpha value is -1.14. The van der Waals surface area contributed by atoms with Gasteiger partial charge in [-0.3, -0.25) is 14.5 Å². The monoisotopic (exact) mass is 286 g/mol. The van der Waals surface area contributed by atoms with Crippen molar-refractivity contribution in [1.82, 2.24) is 10.2 Å². The van der Waals surface area contributed by atoms with Gasteiger partial charge in [0, 0.05) is 25.6 Å². The Balaban J connectivity index is 2.50. The zero-order valence-corrected chi connectivity index (χ0v) is 12.3. The van der Waals surface area contributed by atoms with Crippen LogP contribution in [0.2, 0.25) is 0 Å². The molecule has 1 heterocycles. The van der Waals surface area contributed by atoms with Gasteiger partial charge in [0.05, 0.1) is 6.54 Å². The third kappa shape index (κ3) is 6.86. The van der Waals surface area contributed by atoms with Crippen LogP contribution in [0.3, 0.4) is 0 Å². The molecular weight excluding hydrogens is 260 g/mol. The van der Waals surface area contributed by atoms with Crippen LogP contribution in [0, 0.1) is 11.8 Å². The molecule has 6 heteroatoms. The summed E-state index contributed by atoms with van der Waals surface area (Å²) in [6.07, 6.45) is 1.98. The lowest BCUT2D eigenvalue weighted by atomic mass is 9.91. The SMILES string of the molecule is CC(C)CCNC1CC(CC(=O)O)CN(CC(=O)O)C1. The minimum absolute atomic E-state index is 0.0154. The molecule has 1 fully saturated rings. The zero-order valence-electron chi connectivity index (χ0n) is 12.3. The Morgan fingerprint density at radius 2 is 1.95 bits per heavy atom. The Bertz CT molecular complexity index is 309. The molecule has 0 bridgehead atoms. The second kappa shape index (κ2) is 8.21. The molecule has 2 unspecified atom stereocenters. The number of likely N-dealkylation sites (tertiary alicyclic amines) is 1.